The second kappa shape index (κ2) is 4.19. The van der Waals surface area contributed by atoms with Crippen molar-refractivity contribution in [2.75, 3.05) is 0 Å². The Morgan fingerprint density at radius 1 is 1.33 bits per heavy atom. The van der Waals surface area contributed by atoms with Gasteiger partial charge in [0, 0.05) is 5.92 Å². The monoisotopic (exact) mass is 248 g/mol. The minimum Gasteiger partial charge on any atom is -0.393 e. The molecule has 100 valence electrons. The summed E-state index contributed by atoms with van der Waals surface area (Å²) in [6, 6.07) is 0. The predicted octanol–water partition coefficient (Wildman–Crippen LogP) is 3.10. The Bertz CT molecular complexity index is 398. The lowest BCUT2D eigenvalue weighted by atomic mass is 9.50. The molecule has 2 heteroatoms. The highest BCUT2D eigenvalue weighted by Gasteiger charge is 2.52. The quantitative estimate of drug-likeness (QED) is 0.715. The molecule has 0 aromatic carbocycles. The fraction of sp³-hybridized carbons (Fsp3) is 0.812. The van der Waals surface area contributed by atoms with E-state index in [0.717, 1.165) is 44.1 Å². The van der Waals surface area contributed by atoms with Crippen LogP contribution in [0.5, 0.6) is 0 Å². The van der Waals surface area contributed by atoms with Crippen molar-refractivity contribution >= 4 is 5.78 Å². The number of fused-ring (bicyclic) bond motifs is 3. The summed E-state index contributed by atoms with van der Waals surface area (Å²) in [4.78, 5) is 12.3. The third-order valence-corrected chi connectivity index (χ3v) is 6.07. The zero-order valence-corrected chi connectivity index (χ0v) is 11.5. The van der Waals surface area contributed by atoms with Crippen molar-refractivity contribution in [3.63, 3.8) is 0 Å². The SMILES string of the molecule is CC1=CC[C@@H]2[C@H](CC[C@@H]3C[C@@H](O)CC[C@]32C)C1=O. The molecule has 0 saturated heterocycles. The average molecular weight is 248 g/mol. The second-order valence-electron chi connectivity index (χ2n) is 6.91. The summed E-state index contributed by atoms with van der Waals surface area (Å²) in [6.07, 6.45) is 8.28. The van der Waals surface area contributed by atoms with Crippen LogP contribution in [0.1, 0.15) is 52.4 Å². The Morgan fingerprint density at radius 3 is 2.89 bits per heavy atom. The fourth-order valence-electron chi connectivity index (χ4n) is 4.82. The summed E-state index contributed by atoms with van der Waals surface area (Å²) in [5.41, 5.74) is 1.27. The van der Waals surface area contributed by atoms with Crippen LogP contribution in [-0.4, -0.2) is 17.0 Å². The van der Waals surface area contributed by atoms with Crippen LogP contribution in [0.15, 0.2) is 11.6 Å². The minimum absolute atomic E-state index is 0.101. The van der Waals surface area contributed by atoms with Gasteiger partial charge in [-0.05, 0) is 68.3 Å². The smallest absolute Gasteiger partial charge is 0.161 e. The van der Waals surface area contributed by atoms with Gasteiger partial charge in [-0.2, -0.15) is 0 Å². The number of hydrogen-bond donors (Lipinski definition) is 1. The van der Waals surface area contributed by atoms with E-state index in [4.69, 9.17) is 0 Å². The van der Waals surface area contributed by atoms with Crippen molar-refractivity contribution < 1.29 is 9.90 Å². The number of hydrogen-bond acceptors (Lipinski definition) is 2. The highest BCUT2D eigenvalue weighted by atomic mass is 16.3. The molecule has 0 aromatic rings. The van der Waals surface area contributed by atoms with Crippen molar-refractivity contribution in [1.29, 1.82) is 0 Å². The number of carbonyl (C=O) groups excluding carboxylic acids is 1. The first-order valence-corrected chi connectivity index (χ1v) is 7.41. The molecule has 0 heterocycles. The Hall–Kier alpha value is -0.630. The number of aliphatic hydroxyl groups excluding tert-OH is 1. The van der Waals surface area contributed by atoms with E-state index in [1.54, 1.807) is 0 Å². The summed E-state index contributed by atoms with van der Waals surface area (Å²) in [7, 11) is 0. The highest BCUT2D eigenvalue weighted by molar-refractivity contribution is 5.97. The molecule has 5 atom stereocenters. The topological polar surface area (TPSA) is 37.3 Å². The van der Waals surface area contributed by atoms with Gasteiger partial charge in [-0.15, -0.1) is 0 Å². The highest BCUT2D eigenvalue weighted by Crippen LogP contribution is 2.57. The molecule has 0 aliphatic heterocycles. The number of rotatable bonds is 0. The molecule has 3 rings (SSSR count). The maximum atomic E-state index is 12.3. The molecule has 1 N–H and O–H groups in total. The van der Waals surface area contributed by atoms with E-state index in [9.17, 15) is 9.90 Å². The molecule has 3 aliphatic carbocycles. The zero-order valence-electron chi connectivity index (χ0n) is 11.5. The van der Waals surface area contributed by atoms with Gasteiger partial charge in [0.15, 0.2) is 5.78 Å². The summed E-state index contributed by atoms with van der Waals surface area (Å²) in [5.74, 6) is 1.82. The van der Waals surface area contributed by atoms with E-state index in [-0.39, 0.29) is 17.4 Å². The van der Waals surface area contributed by atoms with Crippen molar-refractivity contribution in [1.82, 2.24) is 0 Å². The summed E-state index contributed by atoms with van der Waals surface area (Å²) >= 11 is 0. The third-order valence-electron chi connectivity index (χ3n) is 6.07. The first-order chi connectivity index (χ1) is 8.52. The number of allylic oxidation sites excluding steroid dienone is 2. The number of carbonyl (C=O) groups is 1. The van der Waals surface area contributed by atoms with Gasteiger partial charge in [0.2, 0.25) is 0 Å². The van der Waals surface area contributed by atoms with E-state index in [1.807, 2.05) is 6.92 Å². The lowest BCUT2D eigenvalue weighted by Crippen LogP contribution is -2.50. The standard InChI is InChI=1S/C16H24O2/c1-10-3-6-14-13(15(10)18)5-4-11-9-12(17)7-8-16(11,14)2/h3,11-14,17H,4-9H2,1-2H3/t11-,12+,13+,14-,16-/m1/s1. The van der Waals surface area contributed by atoms with Crippen molar-refractivity contribution in [3.05, 3.63) is 11.6 Å². The van der Waals surface area contributed by atoms with Crippen molar-refractivity contribution in [3.8, 4) is 0 Å². The number of aliphatic hydroxyl groups is 1. The number of Topliss-reactive ketones (excluding diaryl/α,β-unsaturated/α-hetero) is 1. The maximum Gasteiger partial charge on any atom is 0.161 e. The lowest BCUT2D eigenvalue weighted by molar-refractivity contribution is -0.132. The van der Waals surface area contributed by atoms with Crippen LogP contribution in [0.25, 0.3) is 0 Å². The molecule has 0 aromatic heterocycles. The molecule has 18 heavy (non-hydrogen) atoms. The fourth-order valence-corrected chi connectivity index (χ4v) is 4.82. The third kappa shape index (κ3) is 1.69. The predicted molar refractivity (Wildman–Crippen MR) is 71.0 cm³/mol. The van der Waals surface area contributed by atoms with E-state index in [0.29, 0.717) is 17.6 Å². The minimum atomic E-state index is -0.101. The largest absolute Gasteiger partial charge is 0.393 e. The normalized spacial score (nSPS) is 48.2. The molecule has 0 unspecified atom stereocenters. The molecule has 0 spiro atoms. The van der Waals surface area contributed by atoms with E-state index in [1.165, 1.54) is 0 Å². The van der Waals surface area contributed by atoms with Crippen LogP contribution in [0, 0.1) is 23.2 Å². The van der Waals surface area contributed by atoms with Crippen LogP contribution < -0.4 is 0 Å². The molecule has 0 bridgehead atoms. The van der Waals surface area contributed by atoms with E-state index in [2.05, 4.69) is 13.0 Å². The maximum absolute atomic E-state index is 12.3. The van der Waals surface area contributed by atoms with Crippen LogP contribution in [0.4, 0.5) is 0 Å². The van der Waals surface area contributed by atoms with Gasteiger partial charge in [0.1, 0.15) is 0 Å². The van der Waals surface area contributed by atoms with Crippen LogP contribution in [0.2, 0.25) is 0 Å². The molecule has 2 fully saturated rings. The van der Waals surface area contributed by atoms with Gasteiger partial charge < -0.3 is 5.11 Å². The van der Waals surface area contributed by atoms with Crippen LogP contribution >= 0.6 is 0 Å². The molecular weight excluding hydrogens is 224 g/mol. The van der Waals surface area contributed by atoms with Gasteiger partial charge in [-0.1, -0.05) is 13.0 Å². The van der Waals surface area contributed by atoms with Gasteiger partial charge >= 0.3 is 0 Å². The van der Waals surface area contributed by atoms with Gasteiger partial charge in [0.05, 0.1) is 6.10 Å². The Balaban J connectivity index is 1.91. The molecule has 0 radical (unpaired) electrons. The molecule has 0 amide bonds. The Kier molecular flexibility index (Phi) is 2.89. The van der Waals surface area contributed by atoms with Crippen LogP contribution in [0.3, 0.4) is 0 Å². The molecule has 2 nitrogen and oxygen atoms in total. The van der Waals surface area contributed by atoms with Crippen molar-refractivity contribution in [2.24, 2.45) is 23.2 Å². The average Bonchev–Trinajstić information content (AvgIpc) is 2.34. The van der Waals surface area contributed by atoms with E-state index < -0.39 is 0 Å². The molecule has 3 aliphatic rings. The summed E-state index contributed by atoms with van der Waals surface area (Å²) < 4.78 is 0. The number of ketones is 1. The zero-order chi connectivity index (χ0) is 12.9. The van der Waals surface area contributed by atoms with Gasteiger partial charge in [0.25, 0.3) is 0 Å². The summed E-state index contributed by atoms with van der Waals surface area (Å²) in [6.45, 7) is 4.35. The second-order valence-corrected chi connectivity index (χ2v) is 6.91. The van der Waals surface area contributed by atoms with Crippen LogP contribution in [-0.2, 0) is 4.79 Å². The van der Waals surface area contributed by atoms with Crippen molar-refractivity contribution in [2.45, 2.75) is 58.5 Å². The first kappa shape index (κ1) is 12.4. The molecule has 2 saturated carbocycles. The van der Waals surface area contributed by atoms with Gasteiger partial charge in [-0.3, -0.25) is 4.79 Å². The lowest BCUT2D eigenvalue weighted by Gasteiger charge is -2.55. The molecular formula is C16H24O2. The summed E-state index contributed by atoms with van der Waals surface area (Å²) in [5, 5.41) is 9.87. The van der Waals surface area contributed by atoms with E-state index >= 15 is 0 Å². The van der Waals surface area contributed by atoms with Gasteiger partial charge in [-0.25, -0.2) is 0 Å². The Morgan fingerprint density at radius 2 is 2.11 bits per heavy atom. The Labute approximate surface area is 109 Å². The first-order valence-electron chi connectivity index (χ1n) is 7.41.